The molecule has 0 aliphatic rings. The first-order valence-electron chi connectivity index (χ1n) is 5.90. The van der Waals surface area contributed by atoms with Crippen LogP contribution in [0.15, 0.2) is 30.9 Å². The number of benzene rings is 1. The number of hydrogen-bond donors (Lipinski definition) is 2. The Morgan fingerprint density at radius 3 is 2.86 bits per heavy atom. The van der Waals surface area contributed by atoms with E-state index >= 15 is 0 Å². The number of aromatic carboxylic acids is 1. The fraction of sp³-hybridized carbons (Fsp3) is 0.167. The number of nitrogens with one attached hydrogen (secondary N) is 1. The minimum atomic E-state index is -1.56. The van der Waals surface area contributed by atoms with Crippen LogP contribution < -0.4 is 5.32 Å². The number of hydrogen-bond acceptors (Lipinski definition) is 5. The number of carboxylic acids is 1. The van der Waals surface area contributed by atoms with Crippen molar-refractivity contribution in [1.82, 2.24) is 9.55 Å². The Labute approximate surface area is 118 Å². The molecule has 0 spiro atoms. The molecule has 0 aliphatic carbocycles. The molecule has 0 radical (unpaired) electrons. The van der Waals surface area contributed by atoms with E-state index in [1.54, 1.807) is 23.3 Å². The molecule has 0 aliphatic heterocycles. The standard InChI is InChI=1S/C12H11FN4O4/c13-9-6-10(15-2-4-16-3-1-14-7-16)11(17(20)21)5-8(9)12(18)19/h1,3,5-7,15H,2,4H2,(H,18,19). The van der Waals surface area contributed by atoms with E-state index < -0.39 is 28.0 Å². The Bertz CT molecular complexity index is 672. The largest absolute Gasteiger partial charge is 0.478 e. The van der Waals surface area contributed by atoms with Crippen molar-refractivity contribution < 1.29 is 19.2 Å². The van der Waals surface area contributed by atoms with Crippen LogP contribution in [-0.4, -0.2) is 32.1 Å². The number of nitro benzene ring substituents is 1. The highest BCUT2D eigenvalue weighted by atomic mass is 19.1. The molecule has 9 heteroatoms. The summed E-state index contributed by atoms with van der Waals surface area (Å²) < 4.78 is 15.3. The molecule has 0 fully saturated rings. The first-order chi connectivity index (χ1) is 9.99. The zero-order valence-corrected chi connectivity index (χ0v) is 10.7. The van der Waals surface area contributed by atoms with Crippen LogP contribution in [0.2, 0.25) is 0 Å². The molecule has 0 saturated heterocycles. The molecule has 1 aromatic carbocycles. The Hall–Kier alpha value is -2.97. The van der Waals surface area contributed by atoms with E-state index in [-0.39, 0.29) is 5.69 Å². The van der Waals surface area contributed by atoms with Crippen molar-refractivity contribution in [3.05, 3.63) is 52.3 Å². The molecule has 0 unspecified atom stereocenters. The molecule has 21 heavy (non-hydrogen) atoms. The van der Waals surface area contributed by atoms with E-state index in [0.717, 1.165) is 6.07 Å². The number of rotatable bonds is 6. The van der Waals surface area contributed by atoms with Crippen molar-refractivity contribution in [3.63, 3.8) is 0 Å². The fourth-order valence-corrected chi connectivity index (χ4v) is 1.76. The van der Waals surface area contributed by atoms with Gasteiger partial charge in [0.05, 0.1) is 11.3 Å². The molecule has 0 atom stereocenters. The van der Waals surface area contributed by atoms with Gasteiger partial charge in [0, 0.05) is 37.6 Å². The summed E-state index contributed by atoms with van der Waals surface area (Å²) in [6.07, 6.45) is 4.87. The summed E-state index contributed by atoms with van der Waals surface area (Å²) in [6.45, 7) is 0.766. The highest BCUT2D eigenvalue weighted by Gasteiger charge is 2.21. The SMILES string of the molecule is O=C(O)c1cc([N+](=O)[O-])c(NCCn2ccnc2)cc1F. The van der Waals surface area contributed by atoms with Crippen molar-refractivity contribution in [1.29, 1.82) is 0 Å². The zero-order valence-electron chi connectivity index (χ0n) is 10.7. The average molecular weight is 294 g/mol. The summed E-state index contributed by atoms with van der Waals surface area (Å²) in [7, 11) is 0. The lowest BCUT2D eigenvalue weighted by Gasteiger charge is -2.09. The smallest absolute Gasteiger partial charge is 0.338 e. The Balaban J connectivity index is 2.19. The summed E-state index contributed by atoms with van der Waals surface area (Å²) in [4.78, 5) is 24.8. The second-order valence-corrected chi connectivity index (χ2v) is 4.14. The average Bonchev–Trinajstić information content (AvgIpc) is 2.91. The third-order valence-corrected chi connectivity index (χ3v) is 2.76. The van der Waals surface area contributed by atoms with Gasteiger partial charge in [-0.1, -0.05) is 0 Å². The highest BCUT2D eigenvalue weighted by molar-refractivity contribution is 5.90. The summed E-state index contributed by atoms with van der Waals surface area (Å²) >= 11 is 0. The maximum Gasteiger partial charge on any atom is 0.338 e. The number of nitrogens with zero attached hydrogens (tertiary/aromatic N) is 3. The van der Waals surface area contributed by atoms with Crippen LogP contribution in [-0.2, 0) is 6.54 Å². The van der Waals surface area contributed by atoms with Gasteiger partial charge in [0.15, 0.2) is 0 Å². The van der Waals surface area contributed by atoms with Gasteiger partial charge in [-0.2, -0.15) is 0 Å². The molecule has 2 aromatic rings. The Morgan fingerprint density at radius 2 is 2.29 bits per heavy atom. The van der Waals surface area contributed by atoms with Gasteiger partial charge in [0.2, 0.25) is 0 Å². The molecule has 110 valence electrons. The third-order valence-electron chi connectivity index (χ3n) is 2.76. The molecule has 1 aromatic heterocycles. The van der Waals surface area contributed by atoms with Gasteiger partial charge in [-0.05, 0) is 0 Å². The van der Waals surface area contributed by atoms with Crippen molar-refractivity contribution in [2.24, 2.45) is 0 Å². The lowest BCUT2D eigenvalue weighted by atomic mass is 10.1. The van der Waals surface area contributed by atoms with Crippen LogP contribution >= 0.6 is 0 Å². The first-order valence-corrected chi connectivity index (χ1v) is 5.90. The number of nitro groups is 1. The van der Waals surface area contributed by atoms with Gasteiger partial charge in [-0.25, -0.2) is 14.2 Å². The monoisotopic (exact) mass is 294 g/mol. The second-order valence-electron chi connectivity index (χ2n) is 4.14. The summed E-state index contributed by atoms with van der Waals surface area (Å²) in [5.41, 5.74) is -1.29. The minimum Gasteiger partial charge on any atom is -0.478 e. The van der Waals surface area contributed by atoms with E-state index in [2.05, 4.69) is 10.3 Å². The topological polar surface area (TPSA) is 110 Å². The van der Waals surface area contributed by atoms with Crippen LogP contribution in [0.1, 0.15) is 10.4 Å². The number of aromatic nitrogens is 2. The summed E-state index contributed by atoms with van der Waals surface area (Å²) in [5, 5.41) is 22.4. The van der Waals surface area contributed by atoms with Gasteiger partial charge >= 0.3 is 5.97 Å². The highest BCUT2D eigenvalue weighted by Crippen LogP contribution is 2.27. The molecule has 0 saturated carbocycles. The molecule has 0 amide bonds. The predicted molar refractivity (Wildman–Crippen MR) is 70.7 cm³/mol. The molecule has 8 nitrogen and oxygen atoms in total. The maximum absolute atomic E-state index is 13.6. The summed E-state index contributed by atoms with van der Waals surface area (Å²) in [5.74, 6) is -2.58. The Kier molecular flexibility index (Phi) is 4.12. The van der Waals surface area contributed by atoms with Crippen LogP contribution in [0.5, 0.6) is 0 Å². The van der Waals surface area contributed by atoms with Gasteiger partial charge in [0.25, 0.3) is 5.69 Å². The van der Waals surface area contributed by atoms with E-state index in [9.17, 15) is 19.3 Å². The number of imidazole rings is 1. The predicted octanol–water partition coefficient (Wildman–Crippen LogP) is 1.74. The van der Waals surface area contributed by atoms with Gasteiger partial charge < -0.3 is 15.0 Å². The second kappa shape index (κ2) is 5.99. The van der Waals surface area contributed by atoms with Crippen LogP contribution in [0.3, 0.4) is 0 Å². The molecular weight excluding hydrogens is 283 g/mol. The molecule has 1 heterocycles. The molecular formula is C12H11FN4O4. The van der Waals surface area contributed by atoms with Crippen molar-refractivity contribution >= 4 is 17.3 Å². The number of carboxylic acid groups (broad SMARTS) is 1. The number of carbonyl (C=O) groups is 1. The van der Waals surface area contributed by atoms with Gasteiger partial charge in [0.1, 0.15) is 17.1 Å². The fourth-order valence-electron chi connectivity index (χ4n) is 1.76. The quantitative estimate of drug-likeness (QED) is 0.620. The molecule has 2 rings (SSSR count). The minimum absolute atomic E-state index is 0.0670. The summed E-state index contributed by atoms with van der Waals surface area (Å²) in [6, 6.07) is 1.52. The van der Waals surface area contributed by atoms with Gasteiger partial charge in [-0.15, -0.1) is 0 Å². The Morgan fingerprint density at radius 1 is 1.52 bits per heavy atom. The van der Waals surface area contributed by atoms with E-state index in [1.807, 2.05) is 0 Å². The van der Waals surface area contributed by atoms with Crippen LogP contribution in [0, 0.1) is 15.9 Å². The maximum atomic E-state index is 13.6. The van der Waals surface area contributed by atoms with E-state index in [0.29, 0.717) is 19.2 Å². The first kappa shape index (κ1) is 14.4. The van der Waals surface area contributed by atoms with Crippen LogP contribution in [0.4, 0.5) is 15.8 Å². The van der Waals surface area contributed by atoms with Crippen molar-refractivity contribution in [2.75, 3.05) is 11.9 Å². The van der Waals surface area contributed by atoms with Gasteiger partial charge in [-0.3, -0.25) is 10.1 Å². The van der Waals surface area contributed by atoms with Crippen LogP contribution in [0.25, 0.3) is 0 Å². The van der Waals surface area contributed by atoms with Crippen molar-refractivity contribution in [2.45, 2.75) is 6.54 Å². The normalized spacial score (nSPS) is 10.3. The lowest BCUT2D eigenvalue weighted by molar-refractivity contribution is -0.384. The number of halogens is 1. The molecule has 0 bridgehead atoms. The lowest BCUT2D eigenvalue weighted by Crippen LogP contribution is -2.12. The van der Waals surface area contributed by atoms with E-state index in [4.69, 9.17) is 5.11 Å². The third kappa shape index (κ3) is 3.32. The number of anilines is 1. The van der Waals surface area contributed by atoms with E-state index in [1.165, 1.54) is 0 Å². The van der Waals surface area contributed by atoms with Crippen molar-refractivity contribution in [3.8, 4) is 0 Å². The molecule has 2 N–H and O–H groups in total. The zero-order chi connectivity index (χ0) is 15.4.